The molecular formula is C16H25NOS. The van der Waals surface area contributed by atoms with Gasteiger partial charge in [0.15, 0.2) is 0 Å². The lowest BCUT2D eigenvalue weighted by Gasteiger charge is -2.29. The first-order valence-corrected chi connectivity index (χ1v) is 8.56. The summed E-state index contributed by atoms with van der Waals surface area (Å²) in [6.45, 7) is 1.88. The highest BCUT2D eigenvalue weighted by Gasteiger charge is 2.26. The maximum atomic E-state index is 5.50. The van der Waals surface area contributed by atoms with E-state index in [2.05, 4.69) is 29.8 Å². The number of hydrogen-bond acceptors (Lipinski definition) is 3. The predicted octanol–water partition coefficient (Wildman–Crippen LogP) is 3.70. The van der Waals surface area contributed by atoms with Crippen molar-refractivity contribution in [3.05, 3.63) is 21.4 Å². The normalized spacial score (nSPS) is 22.8. The van der Waals surface area contributed by atoms with E-state index in [4.69, 9.17) is 4.74 Å². The number of thiophene rings is 1. The Morgan fingerprint density at radius 2 is 2.00 bits per heavy atom. The van der Waals surface area contributed by atoms with E-state index < -0.39 is 0 Å². The summed E-state index contributed by atoms with van der Waals surface area (Å²) in [6, 6.07) is 3.04. The second-order valence-electron chi connectivity index (χ2n) is 5.87. The molecule has 3 heteroatoms. The predicted molar refractivity (Wildman–Crippen MR) is 80.9 cm³/mol. The first-order chi connectivity index (χ1) is 9.38. The van der Waals surface area contributed by atoms with E-state index in [9.17, 15) is 0 Å². The summed E-state index contributed by atoms with van der Waals surface area (Å²) in [4.78, 5) is 3.24. The van der Waals surface area contributed by atoms with E-state index in [1.165, 1.54) is 44.9 Å². The lowest BCUT2D eigenvalue weighted by atomic mass is 9.90. The van der Waals surface area contributed by atoms with Gasteiger partial charge in [-0.15, -0.1) is 11.3 Å². The van der Waals surface area contributed by atoms with Crippen LogP contribution in [0.2, 0.25) is 0 Å². The summed E-state index contributed by atoms with van der Waals surface area (Å²) in [5.41, 5.74) is 1.64. The number of fused-ring (bicyclic) bond motifs is 1. The lowest BCUT2D eigenvalue weighted by Crippen LogP contribution is -2.29. The van der Waals surface area contributed by atoms with Gasteiger partial charge in [0.1, 0.15) is 0 Å². The number of ether oxygens (including phenoxy) is 1. The molecule has 1 aromatic heterocycles. The Labute approximate surface area is 120 Å². The van der Waals surface area contributed by atoms with Gasteiger partial charge < -0.3 is 10.1 Å². The van der Waals surface area contributed by atoms with Gasteiger partial charge >= 0.3 is 0 Å². The Morgan fingerprint density at radius 3 is 2.79 bits per heavy atom. The van der Waals surface area contributed by atoms with Gasteiger partial charge in [-0.3, -0.25) is 0 Å². The highest BCUT2D eigenvalue weighted by molar-refractivity contribution is 7.12. The van der Waals surface area contributed by atoms with Crippen molar-refractivity contribution in [2.75, 3.05) is 20.3 Å². The van der Waals surface area contributed by atoms with Crippen LogP contribution >= 0.6 is 11.3 Å². The first kappa shape index (κ1) is 13.6. The molecule has 1 aromatic rings. The molecule has 1 atom stereocenters. The van der Waals surface area contributed by atoms with Crippen LogP contribution in [0.25, 0.3) is 0 Å². The zero-order chi connectivity index (χ0) is 13.1. The minimum atomic E-state index is 0.542. The molecule has 1 aliphatic carbocycles. The quantitative estimate of drug-likeness (QED) is 0.852. The van der Waals surface area contributed by atoms with Crippen LogP contribution in [0, 0.1) is 5.92 Å². The molecule has 1 N–H and O–H groups in total. The van der Waals surface area contributed by atoms with E-state index in [1.807, 2.05) is 0 Å². The molecule has 0 aromatic carbocycles. The van der Waals surface area contributed by atoms with E-state index in [1.54, 1.807) is 15.3 Å². The summed E-state index contributed by atoms with van der Waals surface area (Å²) < 4.78 is 5.50. The van der Waals surface area contributed by atoms with Gasteiger partial charge in [0.05, 0.1) is 0 Å². The average Bonchev–Trinajstić information content (AvgIpc) is 2.71. The van der Waals surface area contributed by atoms with Crippen molar-refractivity contribution in [1.82, 2.24) is 5.32 Å². The third kappa shape index (κ3) is 3.04. The first-order valence-electron chi connectivity index (χ1n) is 7.75. The van der Waals surface area contributed by atoms with Crippen LogP contribution in [0.1, 0.15) is 53.5 Å². The highest BCUT2D eigenvalue weighted by atomic mass is 32.1. The molecule has 0 radical (unpaired) electrons. The van der Waals surface area contributed by atoms with Gasteiger partial charge in [-0.25, -0.2) is 0 Å². The number of rotatable bonds is 3. The molecule has 1 aliphatic heterocycles. The van der Waals surface area contributed by atoms with E-state index in [0.717, 1.165) is 19.1 Å². The Balaban J connectivity index is 1.79. The van der Waals surface area contributed by atoms with Gasteiger partial charge in [-0.2, -0.15) is 0 Å². The van der Waals surface area contributed by atoms with Gasteiger partial charge in [0, 0.05) is 29.0 Å². The number of hydrogen-bond donors (Lipinski definition) is 1. The zero-order valence-corrected chi connectivity index (χ0v) is 12.7. The summed E-state index contributed by atoms with van der Waals surface area (Å²) in [7, 11) is 2.12. The van der Waals surface area contributed by atoms with Gasteiger partial charge in [0.25, 0.3) is 0 Å². The monoisotopic (exact) mass is 279 g/mol. The van der Waals surface area contributed by atoms with E-state index in [0.29, 0.717) is 6.04 Å². The molecule has 2 heterocycles. The fourth-order valence-corrected chi connectivity index (χ4v) is 4.96. The lowest BCUT2D eigenvalue weighted by molar-refractivity contribution is 0.0550. The van der Waals surface area contributed by atoms with Crippen LogP contribution in [-0.2, 0) is 17.6 Å². The zero-order valence-electron chi connectivity index (χ0n) is 11.9. The molecule has 1 saturated heterocycles. The van der Waals surface area contributed by atoms with Crippen molar-refractivity contribution in [1.29, 1.82) is 0 Å². The molecule has 1 unspecified atom stereocenters. The highest BCUT2D eigenvalue weighted by Crippen LogP contribution is 2.37. The Bertz CT molecular complexity index is 385. The summed E-state index contributed by atoms with van der Waals surface area (Å²) >= 11 is 2.07. The molecule has 3 rings (SSSR count). The van der Waals surface area contributed by atoms with Crippen molar-refractivity contribution < 1.29 is 4.74 Å². The molecule has 0 bridgehead atoms. The Kier molecular flexibility index (Phi) is 4.57. The van der Waals surface area contributed by atoms with Crippen molar-refractivity contribution in [2.45, 2.75) is 51.0 Å². The SMILES string of the molecule is CNC(c1cc2c(s1)CCCCC2)C1CCOCC1. The Morgan fingerprint density at radius 1 is 1.21 bits per heavy atom. The number of aryl methyl sites for hydroxylation is 2. The van der Waals surface area contributed by atoms with Crippen molar-refractivity contribution in [2.24, 2.45) is 5.92 Å². The van der Waals surface area contributed by atoms with Crippen molar-refractivity contribution in [3.8, 4) is 0 Å². The molecule has 2 aliphatic rings. The molecule has 1 fully saturated rings. The molecule has 0 spiro atoms. The summed E-state index contributed by atoms with van der Waals surface area (Å²) in [6.07, 6.45) is 9.19. The molecule has 0 saturated carbocycles. The van der Waals surface area contributed by atoms with Gasteiger partial charge in [-0.1, -0.05) is 6.42 Å². The second-order valence-corrected chi connectivity index (χ2v) is 7.04. The van der Waals surface area contributed by atoms with Gasteiger partial charge in [0.2, 0.25) is 0 Å². The molecule has 0 amide bonds. The molecule has 106 valence electrons. The van der Waals surface area contributed by atoms with Crippen LogP contribution in [0.4, 0.5) is 0 Å². The van der Waals surface area contributed by atoms with Crippen molar-refractivity contribution in [3.63, 3.8) is 0 Å². The van der Waals surface area contributed by atoms with E-state index in [-0.39, 0.29) is 0 Å². The van der Waals surface area contributed by atoms with Crippen LogP contribution in [0.5, 0.6) is 0 Å². The maximum absolute atomic E-state index is 5.50. The third-order valence-corrected chi connectivity index (χ3v) is 5.94. The minimum Gasteiger partial charge on any atom is -0.381 e. The van der Waals surface area contributed by atoms with Crippen LogP contribution < -0.4 is 5.32 Å². The molecule has 19 heavy (non-hydrogen) atoms. The Hall–Kier alpha value is -0.380. The fourth-order valence-electron chi connectivity index (χ4n) is 3.50. The summed E-state index contributed by atoms with van der Waals surface area (Å²) in [5, 5.41) is 3.57. The smallest absolute Gasteiger partial charge is 0.0469 e. The number of nitrogens with one attached hydrogen (secondary N) is 1. The van der Waals surface area contributed by atoms with Crippen LogP contribution in [-0.4, -0.2) is 20.3 Å². The van der Waals surface area contributed by atoms with Crippen LogP contribution in [0.15, 0.2) is 6.07 Å². The maximum Gasteiger partial charge on any atom is 0.0469 e. The third-order valence-electron chi connectivity index (χ3n) is 4.62. The van der Waals surface area contributed by atoms with Crippen molar-refractivity contribution >= 4 is 11.3 Å². The standard InChI is InChI=1S/C16H25NOS/c1-17-16(12-7-9-18-10-8-12)15-11-13-5-3-2-4-6-14(13)19-15/h11-12,16-17H,2-10H2,1H3. The minimum absolute atomic E-state index is 0.542. The largest absolute Gasteiger partial charge is 0.381 e. The average molecular weight is 279 g/mol. The van der Waals surface area contributed by atoms with E-state index >= 15 is 0 Å². The fraction of sp³-hybridized carbons (Fsp3) is 0.750. The van der Waals surface area contributed by atoms with Gasteiger partial charge in [-0.05, 0) is 63.1 Å². The second kappa shape index (κ2) is 6.38. The topological polar surface area (TPSA) is 21.3 Å². The molecular weight excluding hydrogens is 254 g/mol. The summed E-state index contributed by atoms with van der Waals surface area (Å²) in [5.74, 6) is 0.751. The van der Waals surface area contributed by atoms with Crippen LogP contribution in [0.3, 0.4) is 0 Å². The molecule has 2 nitrogen and oxygen atoms in total.